The molecule has 122 valence electrons. The third-order valence-electron chi connectivity index (χ3n) is 2.90. The van der Waals surface area contributed by atoms with Gasteiger partial charge in [-0.25, -0.2) is 4.79 Å². The van der Waals surface area contributed by atoms with Gasteiger partial charge in [-0.3, -0.25) is 10.1 Å². The highest BCUT2D eigenvalue weighted by atomic mass is 35.5. The minimum absolute atomic E-state index is 0.0198. The van der Waals surface area contributed by atoms with Crippen molar-refractivity contribution in [1.29, 1.82) is 0 Å². The lowest BCUT2D eigenvalue weighted by molar-refractivity contribution is -0.385. The number of aromatic nitrogens is 2. The van der Waals surface area contributed by atoms with Crippen LogP contribution in [-0.4, -0.2) is 21.1 Å². The van der Waals surface area contributed by atoms with Gasteiger partial charge in [-0.05, 0) is 24.3 Å². The van der Waals surface area contributed by atoms with E-state index >= 15 is 0 Å². The molecule has 1 aromatic carbocycles. The number of nitro groups is 1. The largest absolute Gasteiger partial charge is 0.459 e. The van der Waals surface area contributed by atoms with Gasteiger partial charge in [0.05, 0.1) is 11.2 Å². The summed E-state index contributed by atoms with van der Waals surface area (Å²) in [6, 6.07) is 6.91. The van der Waals surface area contributed by atoms with Gasteiger partial charge in [-0.15, -0.1) is 10.2 Å². The second-order valence-corrected chi connectivity index (χ2v) is 4.91. The standard InChI is InChI=1S/C14H8ClN3O6/c15-8-3-4-9(10(6-8)18(20)21)14(19)23-7-12-16-17-13(24-12)11-2-1-5-22-11/h1-6H,7H2. The third-order valence-corrected chi connectivity index (χ3v) is 3.14. The lowest BCUT2D eigenvalue weighted by atomic mass is 10.2. The van der Waals surface area contributed by atoms with Gasteiger partial charge in [-0.2, -0.15) is 0 Å². The maximum absolute atomic E-state index is 12.0. The first-order chi connectivity index (χ1) is 11.5. The van der Waals surface area contributed by atoms with Crippen LogP contribution in [0.2, 0.25) is 5.02 Å². The van der Waals surface area contributed by atoms with Crippen LogP contribution >= 0.6 is 11.6 Å². The fourth-order valence-corrected chi connectivity index (χ4v) is 2.01. The number of halogens is 1. The van der Waals surface area contributed by atoms with E-state index in [-0.39, 0.29) is 29.0 Å². The summed E-state index contributed by atoms with van der Waals surface area (Å²) in [5.74, 6) is -0.389. The Bertz CT molecular complexity index is 890. The van der Waals surface area contributed by atoms with Crippen LogP contribution in [0.15, 0.2) is 45.4 Å². The van der Waals surface area contributed by atoms with Crippen molar-refractivity contribution in [3.63, 3.8) is 0 Å². The molecule has 0 fully saturated rings. The van der Waals surface area contributed by atoms with Crippen LogP contribution in [0.25, 0.3) is 11.7 Å². The maximum atomic E-state index is 12.0. The van der Waals surface area contributed by atoms with Crippen molar-refractivity contribution < 1.29 is 23.3 Å². The van der Waals surface area contributed by atoms with Gasteiger partial charge >= 0.3 is 5.97 Å². The lowest BCUT2D eigenvalue weighted by Gasteiger charge is -2.03. The van der Waals surface area contributed by atoms with Gasteiger partial charge in [0, 0.05) is 11.1 Å². The van der Waals surface area contributed by atoms with Crippen LogP contribution in [0.3, 0.4) is 0 Å². The second-order valence-electron chi connectivity index (χ2n) is 4.47. The number of ether oxygens (including phenoxy) is 1. The molecule has 3 rings (SSSR count). The Balaban J connectivity index is 1.71. The minimum atomic E-state index is -0.906. The van der Waals surface area contributed by atoms with Gasteiger partial charge in [0.25, 0.3) is 17.5 Å². The van der Waals surface area contributed by atoms with E-state index < -0.39 is 16.6 Å². The van der Waals surface area contributed by atoms with E-state index in [0.29, 0.717) is 5.76 Å². The fourth-order valence-electron chi connectivity index (χ4n) is 1.85. The minimum Gasteiger partial charge on any atom is -0.459 e. The smallest absolute Gasteiger partial charge is 0.345 e. The molecule has 0 atom stereocenters. The molecule has 0 spiro atoms. The first kappa shape index (κ1) is 15.7. The van der Waals surface area contributed by atoms with E-state index in [1.165, 1.54) is 18.4 Å². The molecule has 24 heavy (non-hydrogen) atoms. The van der Waals surface area contributed by atoms with Crippen molar-refractivity contribution in [3.05, 3.63) is 63.2 Å². The molecule has 0 aliphatic heterocycles. The second kappa shape index (κ2) is 6.50. The topological polar surface area (TPSA) is 122 Å². The summed E-state index contributed by atoms with van der Waals surface area (Å²) in [6.45, 7) is -0.341. The van der Waals surface area contributed by atoms with Crippen LogP contribution in [0.4, 0.5) is 5.69 Å². The number of carbonyl (C=O) groups is 1. The van der Waals surface area contributed by atoms with E-state index in [1.54, 1.807) is 12.1 Å². The van der Waals surface area contributed by atoms with Crippen molar-refractivity contribution in [2.45, 2.75) is 6.61 Å². The summed E-state index contributed by atoms with van der Waals surface area (Å²) >= 11 is 5.69. The molecule has 0 radical (unpaired) electrons. The lowest BCUT2D eigenvalue weighted by Crippen LogP contribution is -2.08. The summed E-state index contributed by atoms with van der Waals surface area (Å²) in [4.78, 5) is 22.3. The van der Waals surface area contributed by atoms with E-state index in [1.807, 2.05) is 0 Å². The first-order valence-corrected chi connectivity index (χ1v) is 6.89. The van der Waals surface area contributed by atoms with Gasteiger partial charge in [0.2, 0.25) is 0 Å². The van der Waals surface area contributed by atoms with Crippen molar-refractivity contribution in [2.75, 3.05) is 0 Å². The van der Waals surface area contributed by atoms with Crippen molar-refractivity contribution >= 4 is 23.3 Å². The molecule has 0 saturated heterocycles. The van der Waals surface area contributed by atoms with Crippen LogP contribution in [0.1, 0.15) is 16.2 Å². The highest BCUT2D eigenvalue weighted by Crippen LogP contribution is 2.24. The Morgan fingerprint density at radius 2 is 2.17 bits per heavy atom. The highest BCUT2D eigenvalue weighted by Gasteiger charge is 2.22. The Morgan fingerprint density at radius 3 is 2.88 bits per heavy atom. The zero-order valence-electron chi connectivity index (χ0n) is 11.8. The fraction of sp³-hybridized carbons (Fsp3) is 0.0714. The van der Waals surface area contributed by atoms with E-state index in [4.69, 9.17) is 25.2 Å². The molecule has 0 unspecified atom stereocenters. The van der Waals surface area contributed by atoms with Gasteiger partial charge < -0.3 is 13.6 Å². The third kappa shape index (κ3) is 3.25. The predicted molar refractivity (Wildman–Crippen MR) is 79.2 cm³/mol. The van der Waals surface area contributed by atoms with Crippen molar-refractivity contribution in [2.24, 2.45) is 0 Å². The molecule has 0 saturated carbocycles. The summed E-state index contributed by atoms with van der Waals surface area (Å²) in [5, 5.41) is 18.6. The van der Waals surface area contributed by atoms with Crippen LogP contribution in [0, 0.1) is 10.1 Å². The molecule has 0 aliphatic rings. The normalized spacial score (nSPS) is 10.5. The number of nitro benzene ring substituents is 1. The van der Waals surface area contributed by atoms with Crippen LogP contribution in [-0.2, 0) is 11.3 Å². The van der Waals surface area contributed by atoms with E-state index in [2.05, 4.69) is 10.2 Å². The predicted octanol–water partition coefficient (Wildman–Crippen LogP) is 3.25. The first-order valence-electron chi connectivity index (χ1n) is 6.52. The highest BCUT2D eigenvalue weighted by molar-refractivity contribution is 6.31. The Hall–Kier alpha value is -3.20. The molecule has 3 aromatic rings. The monoisotopic (exact) mass is 349 g/mol. The van der Waals surface area contributed by atoms with E-state index in [0.717, 1.165) is 6.07 Å². The Kier molecular flexibility index (Phi) is 4.25. The molecule has 9 nitrogen and oxygen atoms in total. The summed E-state index contributed by atoms with van der Waals surface area (Å²) in [5.41, 5.74) is -0.676. The molecule has 2 heterocycles. The number of nitrogens with zero attached hydrogens (tertiary/aromatic N) is 3. The summed E-state index contributed by atoms with van der Waals surface area (Å²) < 4.78 is 15.3. The molecular formula is C14H8ClN3O6. The van der Waals surface area contributed by atoms with Crippen LogP contribution in [0.5, 0.6) is 0 Å². The molecule has 0 N–H and O–H groups in total. The zero-order valence-corrected chi connectivity index (χ0v) is 12.6. The van der Waals surface area contributed by atoms with Gasteiger partial charge in [0.15, 0.2) is 12.4 Å². The molecular weight excluding hydrogens is 342 g/mol. The number of furan rings is 1. The number of benzene rings is 1. The van der Waals surface area contributed by atoms with Gasteiger partial charge in [0.1, 0.15) is 5.56 Å². The number of rotatable bonds is 5. The SMILES string of the molecule is O=C(OCc1nnc(-c2ccco2)o1)c1ccc(Cl)cc1[N+](=O)[O-]. The summed E-state index contributed by atoms with van der Waals surface area (Å²) in [6.07, 6.45) is 1.44. The Labute approximate surface area is 139 Å². The number of carbonyl (C=O) groups excluding carboxylic acids is 1. The molecule has 10 heteroatoms. The number of hydrogen-bond donors (Lipinski definition) is 0. The molecule has 0 aliphatic carbocycles. The molecule has 2 aromatic heterocycles. The van der Waals surface area contributed by atoms with Crippen molar-refractivity contribution in [1.82, 2.24) is 10.2 Å². The molecule has 0 bridgehead atoms. The quantitative estimate of drug-likeness (QED) is 0.391. The molecule has 0 amide bonds. The zero-order chi connectivity index (χ0) is 17.1. The summed E-state index contributed by atoms with van der Waals surface area (Å²) in [7, 11) is 0. The van der Waals surface area contributed by atoms with E-state index in [9.17, 15) is 14.9 Å². The average molecular weight is 350 g/mol. The van der Waals surface area contributed by atoms with Crippen LogP contribution < -0.4 is 0 Å². The number of hydrogen-bond acceptors (Lipinski definition) is 8. The maximum Gasteiger partial charge on any atom is 0.345 e. The van der Waals surface area contributed by atoms with Gasteiger partial charge in [-0.1, -0.05) is 11.6 Å². The van der Waals surface area contributed by atoms with Crippen molar-refractivity contribution in [3.8, 4) is 11.7 Å². The average Bonchev–Trinajstić information content (AvgIpc) is 3.23. The number of esters is 1. The Morgan fingerprint density at radius 1 is 1.33 bits per heavy atom.